The van der Waals surface area contributed by atoms with Crippen LogP contribution in [0.5, 0.6) is 0 Å². The van der Waals surface area contributed by atoms with E-state index in [4.69, 9.17) is 11.5 Å². The molecule has 6 nitrogen and oxygen atoms in total. The lowest BCUT2D eigenvalue weighted by Crippen LogP contribution is -2.55. The topological polar surface area (TPSA) is 96.7 Å². The number of guanidine groups is 1. The Kier molecular flexibility index (Phi) is 4.15. The summed E-state index contributed by atoms with van der Waals surface area (Å²) in [7, 11) is 0. The van der Waals surface area contributed by atoms with Gasteiger partial charge in [0, 0.05) is 12.0 Å². The molecule has 14 heavy (non-hydrogen) atoms. The number of amides is 1. The molecule has 0 radical (unpaired) electrons. The molecule has 1 heterocycles. The van der Waals surface area contributed by atoms with E-state index in [2.05, 4.69) is 10.4 Å². The van der Waals surface area contributed by atoms with Gasteiger partial charge in [0.2, 0.25) is 11.9 Å². The summed E-state index contributed by atoms with van der Waals surface area (Å²) in [4.78, 5) is 11.4. The molecule has 1 aliphatic heterocycles. The third-order valence-electron chi connectivity index (χ3n) is 1.82. The number of nitrogens with zero attached hydrogens (tertiary/aromatic N) is 2. The van der Waals surface area contributed by atoms with Gasteiger partial charge in [0.15, 0.2) is 0 Å². The van der Waals surface area contributed by atoms with Gasteiger partial charge in [-0.05, 0) is 13.8 Å². The smallest absolute Gasteiger partial charge is 0.245 e. The Morgan fingerprint density at radius 2 is 2.14 bits per heavy atom. The first-order chi connectivity index (χ1) is 5.91. The summed E-state index contributed by atoms with van der Waals surface area (Å²) in [5.41, 5.74) is 10.1. The Morgan fingerprint density at radius 3 is 2.57 bits per heavy atom. The molecular weight excluding hydrogens is 206 g/mol. The molecule has 1 rings (SSSR count). The number of nitrogens with two attached hydrogens (primary N) is 2. The number of nitrogens with one attached hydrogen (secondary N) is 1. The lowest BCUT2D eigenvalue weighted by molar-refractivity contribution is -0.136. The molecule has 1 fully saturated rings. The standard InChI is InChI=1S/C7H15N5O.ClH/c1-7(2)3-5(13)12(4-10-7)11-6(8)9;/h10H,3-4H2,1-2H3,(H4,8,9,11);1H. The molecule has 0 bridgehead atoms. The highest BCUT2D eigenvalue weighted by molar-refractivity contribution is 5.85. The molecule has 7 heteroatoms. The first kappa shape index (κ1) is 13.0. The van der Waals surface area contributed by atoms with Gasteiger partial charge in [-0.25, -0.2) is 5.01 Å². The second kappa shape index (κ2) is 4.47. The SMILES string of the molecule is CC1(C)CC(=O)N(N=C(N)N)CN1.Cl. The average Bonchev–Trinajstić information content (AvgIpc) is 1.93. The van der Waals surface area contributed by atoms with Crippen molar-refractivity contribution in [1.29, 1.82) is 0 Å². The van der Waals surface area contributed by atoms with Crippen molar-refractivity contribution in [3.63, 3.8) is 0 Å². The van der Waals surface area contributed by atoms with E-state index in [0.29, 0.717) is 13.1 Å². The number of carbonyl (C=O) groups excluding carboxylic acids is 1. The number of carbonyl (C=O) groups is 1. The van der Waals surface area contributed by atoms with Crippen molar-refractivity contribution >= 4 is 24.3 Å². The monoisotopic (exact) mass is 221 g/mol. The molecular formula is C7H16ClN5O. The number of hydrazone groups is 1. The fourth-order valence-corrected chi connectivity index (χ4v) is 1.14. The first-order valence-electron chi connectivity index (χ1n) is 4.06. The molecule has 82 valence electrons. The van der Waals surface area contributed by atoms with Crippen LogP contribution < -0.4 is 16.8 Å². The van der Waals surface area contributed by atoms with Crippen LogP contribution in [0.1, 0.15) is 20.3 Å². The third kappa shape index (κ3) is 3.39. The Labute approximate surface area is 89.1 Å². The van der Waals surface area contributed by atoms with Crippen molar-refractivity contribution in [2.24, 2.45) is 16.6 Å². The van der Waals surface area contributed by atoms with Gasteiger partial charge in [0.1, 0.15) is 0 Å². The molecule has 5 N–H and O–H groups in total. The summed E-state index contributed by atoms with van der Waals surface area (Å²) in [6, 6.07) is 0. The van der Waals surface area contributed by atoms with Crippen molar-refractivity contribution < 1.29 is 4.79 Å². The number of hydrogen-bond donors (Lipinski definition) is 3. The van der Waals surface area contributed by atoms with Gasteiger partial charge in [-0.2, -0.15) is 0 Å². The quantitative estimate of drug-likeness (QED) is 0.397. The fraction of sp³-hybridized carbons (Fsp3) is 0.714. The van der Waals surface area contributed by atoms with Crippen LogP contribution in [-0.4, -0.2) is 29.1 Å². The molecule has 0 aromatic rings. The van der Waals surface area contributed by atoms with Crippen LogP contribution in [0.25, 0.3) is 0 Å². The van der Waals surface area contributed by atoms with E-state index in [9.17, 15) is 4.79 Å². The van der Waals surface area contributed by atoms with Crippen LogP contribution in [0.3, 0.4) is 0 Å². The normalized spacial score (nSPS) is 19.9. The van der Waals surface area contributed by atoms with Gasteiger partial charge >= 0.3 is 0 Å². The van der Waals surface area contributed by atoms with Crippen molar-refractivity contribution in [3.05, 3.63) is 0 Å². The van der Waals surface area contributed by atoms with Gasteiger partial charge in [0.05, 0.1) is 6.67 Å². The zero-order chi connectivity index (χ0) is 10.1. The minimum absolute atomic E-state index is 0. The van der Waals surface area contributed by atoms with E-state index in [1.54, 1.807) is 0 Å². The predicted octanol–water partition coefficient (Wildman–Crippen LogP) is -0.845. The number of hydrogen-bond acceptors (Lipinski definition) is 3. The van der Waals surface area contributed by atoms with E-state index >= 15 is 0 Å². The molecule has 1 aliphatic rings. The van der Waals surface area contributed by atoms with Gasteiger partial charge < -0.3 is 11.5 Å². The summed E-state index contributed by atoms with van der Waals surface area (Å²) in [5, 5.41) is 8.04. The van der Waals surface area contributed by atoms with E-state index in [-0.39, 0.29) is 29.8 Å². The molecule has 0 unspecified atom stereocenters. The van der Waals surface area contributed by atoms with E-state index in [1.165, 1.54) is 5.01 Å². The fourth-order valence-electron chi connectivity index (χ4n) is 1.14. The lowest BCUT2D eigenvalue weighted by Gasteiger charge is -2.34. The van der Waals surface area contributed by atoms with Crippen molar-refractivity contribution in [3.8, 4) is 0 Å². The molecule has 0 aliphatic carbocycles. The highest BCUT2D eigenvalue weighted by atomic mass is 35.5. The highest BCUT2D eigenvalue weighted by Gasteiger charge is 2.30. The molecule has 0 aromatic carbocycles. The maximum atomic E-state index is 11.4. The van der Waals surface area contributed by atoms with Crippen molar-refractivity contribution in [2.45, 2.75) is 25.8 Å². The van der Waals surface area contributed by atoms with Crippen LogP contribution in [0.15, 0.2) is 5.10 Å². The first-order valence-corrected chi connectivity index (χ1v) is 4.06. The third-order valence-corrected chi connectivity index (χ3v) is 1.82. The molecule has 0 aromatic heterocycles. The maximum Gasteiger partial charge on any atom is 0.245 e. The Hall–Kier alpha value is -1.01. The second-order valence-electron chi connectivity index (χ2n) is 3.71. The Balaban J connectivity index is 0.00000169. The second-order valence-corrected chi connectivity index (χ2v) is 3.71. The minimum atomic E-state index is -0.174. The van der Waals surface area contributed by atoms with Gasteiger partial charge in [-0.15, -0.1) is 17.5 Å². The van der Waals surface area contributed by atoms with Crippen LogP contribution in [0.2, 0.25) is 0 Å². The molecule has 1 amide bonds. The summed E-state index contributed by atoms with van der Waals surface area (Å²) in [5.74, 6) is -0.174. The largest absolute Gasteiger partial charge is 0.369 e. The Morgan fingerprint density at radius 1 is 1.57 bits per heavy atom. The zero-order valence-corrected chi connectivity index (χ0v) is 9.10. The summed E-state index contributed by atoms with van der Waals surface area (Å²) in [6.45, 7) is 4.26. The van der Waals surface area contributed by atoms with E-state index in [0.717, 1.165) is 0 Å². The Bertz CT molecular complexity index is 248. The average molecular weight is 222 g/mol. The lowest BCUT2D eigenvalue weighted by atomic mass is 9.99. The summed E-state index contributed by atoms with van der Waals surface area (Å²) in [6.07, 6.45) is 0.393. The van der Waals surface area contributed by atoms with Crippen LogP contribution >= 0.6 is 12.4 Å². The number of halogens is 1. The summed E-state index contributed by atoms with van der Waals surface area (Å²) < 4.78 is 0. The van der Waals surface area contributed by atoms with E-state index in [1.807, 2.05) is 13.8 Å². The molecule has 0 saturated carbocycles. The van der Waals surface area contributed by atoms with Crippen LogP contribution in [0, 0.1) is 0 Å². The zero-order valence-electron chi connectivity index (χ0n) is 8.28. The number of rotatable bonds is 1. The van der Waals surface area contributed by atoms with Crippen LogP contribution in [0.4, 0.5) is 0 Å². The van der Waals surface area contributed by atoms with E-state index < -0.39 is 0 Å². The van der Waals surface area contributed by atoms with Crippen LogP contribution in [-0.2, 0) is 4.79 Å². The molecule has 0 spiro atoms. The predicted molar refractivity (Wildman–Crippen MR) is 56.6 cm³/mol. The summed E-state index contributed by atoms with van der Waals surface area (Å²) >= 11 is 0. The maximum absolute atomic E-state index is 11.4. The van der Waals surface area contributed by atoms with Gasteiger partial charge in [-0.3, -0.25) is 10.1 Å². The highest BCUT2D eigenvalue weighted by Crippen LogP contribution is 2.15. The van der Waals surface area contributed by atoms with Gasteiger partial charge in [0.25, 0.3) is 0 Å². The minimum Gasteiger partial charge on any atom is -0.369 e. The van der Waals surface area contributed by atoms with Crippen molar-refractivity contribution in [2.75, 3.05) is 6.67 Å². The molecule has 1 saturated heterocycles. The van der Waals surface area contributed by atoms with Crippen molar-refractivity contribution in [1.82, 2.24) is 10.3 Å². The molecule has 0 atom stereocenters. The van der Waals surface area contributed by atoms with Gasteiger partial charge in [-0.1, -0.05) is 0 Å².